The average Bonchev–Trinajstić information content (AvgIpc) is 2.86. The van der Waals surface area contributed by atoms with Crippen LogP contribution in [0, 0.1) is 0 Å². The van der Waals surface area contributed by atoms with Crippen molar-refractivity contribution in [1.29, 1.82) is 0 Å². The molecular formula is C26H37F6N3O4. The second-order valence-corrected chi connectivity index (χ2v) is 9.78. The second kappa shape index (κ2) is 14.2. The summed E-state index contributed by atoms with van der Waals surface area (Å²) in [6.45, 7) is 6.36. The van der Waals surface area contributed by atoms with Gasteiger partial charge < -0.3 is 19.1 Å². The van der Waals surface area contributed by atoms with Gasteiger partial charge in [0, 0.05) is 56.6 Å². The standard InChI is InChI=1S/C23H29F6N3O4.C3H8/c1-2-3-16(32(21(35)23(27,28)29)17-6-10-36-11-7-17)4-5-19(33)30-8-9-31-18(14-30)12-15(13-20(31)34)22(24,25)26;1-3-2/h12-13,16-17H,2-11,14H2,1H3;3H2,1-2H3/t16-;/m1./s1. The molecule has 1 atom stereocenters. The minimum Gasteiger partial charge on any atom is -0.381 e. The molecule has 0 unspecified atom stereocenters. The number of halogens is 6. The highest BCUT2D eigenvalue weighted by Crippen LogP contribution is 2.31. The van der Waals surface area contributed by atoms with Gasteiger partial charge in [0.15, 0.2) is 0 Å². The third kappa shape index (κ3) is 8.97. The first kappa shape index (κ1) is 32.6. The molecule has 222 valence electrons. The van der Waals surface area contributed by atoms with Crippen LogP contribution in [0.2, 0.25) is 0 Å². The Labute approximate surface area is 224 Å². The lowest BCUT2D eigenvalue weighted by Crippen LogP contribution is -2.54. The number of hydrogen-bond acceptors (Lipinski definition) is 4. The summed E-state index contributed by atoms with van der Waals surface area (Å²) in [6, 6.07) is -0.143. The molecule has 0 N–H and O–H groups in total. The van der Waals surface area contributed by atoms with E-state index in [2.05, 4.69) is 13.8 Å². The highest BCUT2D eigenvalue weighted by Gasteiger charge is 2.47. The predicted molar refractivity (Wildman–Crippen MR) is 132 cm³/mol. The molecule has 2 amide bonds. The van der Waals surface area contributed by atoms with Crippen molar-refractivity contribution in [2.45, 2.75) is 103 Å². The molecule has 3 rings (SSSR count). The van der Waals surface area contributed by atoms with Crippen molar-refractivity contribution in [1.82, 2.24) is 14.4 Å². The number of alkyl halides is 6. The summed E-state index contributed by atoms with van der Waals surface area (Å²) in [6.07, 6.45) is -7.45. The van der Waals surface area contributed by atoms with Crippen LogP contribution in [0.4, 0.5) is 26.3 Å². The molecule has 1 aromatic rings. The van der Waals surface area contributed by atoms with Crippen LogP contribution in [-0.2, 0) is 33.6 Å². The van der Waals surface area contributed by atoms with Crippen molar-refractivity contribution in [2.75, 3.05) is 19.8 Å². The van der Waals surface area contributed by atoms with E-state index in [1.807, 2.05) is 0 Å². The lowest BCUT2D eigenvalue weighted by molar-refractivity contribution is -0.192. The topological polar surface area (TPSA) is 71.9 Å². The lowest BCUT2D eigenvalue weighted by atomic mass is 9.97. The van der Waals surface area contributed by atoms with Crippen molar-refractivity contribution in [3.05, 3.63) is 33.7 Å². The summed E-state index contributed by atoms with van der Waals surface area (Å²) in [5, 5.41) is 0. The van der Waals surface area contributed by atoms with Crippen molar-refractivity contribution in [3.8, 4) is 0 Å². The summed E-state index contributed by atoms with van der Waals surface area (Å²) < 4.78 is 86.0. The van der Waals surface area contributed by atoms with E-state index in [4.69, 9.17) is 4.74 Å². The second-order valence-electron chi connectivity index (χ2n) is 9.78. The molecule has 0 saturated carbocycles. The average molecular weight is 570 g/mol. The van der Waals surface area contributed by atoms with Gasteiger partial charge in [0.1, 0.15) is 0 Å². The third-order valence-corrected chi connectivity index (χ3v) is 6.61. The van der Waals surface area contributed by atoms with E-state index in [1.165, 1.54) is 15.9 Å². The number of ether oxygens (including phenoxy) is 1. The van der Waals surface area contributed by atoms with E-state index in [-0.39, 0.29) is 70.6 Å². The van der Waals surface area contributed by atoms with E-state index in [1.54, 1.807) is 6.92 Å². The maximum Gasteiger partial charge on any atom is 0.471 e. The minimum atomic E-state index is -5.06. The quantitative estimate of drug-likeness (QED) is 0.427. The summed E-state index contributed by atoms with van der Waals surface area (Å²) in [5.41, 5.74) is -1.88. The van der Waals surface area contributed by atoms with E-state index in [0.29, 0.717) is 12.5 Å². The largest absolute Gasteiger partial charge is 0.471 e. The zero-order valence-corrected chi connectivity index (χ0v) is 22.5. The van der Waals surface area contributed by atoms with Crippen molar-refractivity contribution in [2.24, 2.45) is 0 Å². The van der Waals surface area contributed by atoms with Gasteiger partial charge in [-0.05, 0) is 31.7 Å². The predicted octanol–water partition coefficient (Wildman–Crippen LogP) is 5.14. The van der Waals surface area contributed by atoms with Gasteiger partial charge in [0.2, 0.25) is 5.91 Å². The summed E-state index contributed by atoms with van der Waals surface area (Å²) in [7, 11) is 0. The van der Waals surface area contributed by atoms with E-state index < -0.39 is 47.4 Å². The van der Waals surface area contributed by atoms with E-state index in [0.717, 1.165) is 11.0 Å². The fourth-order valence-corrected chi connectivity index (χ4v) is 4.85. The van der Waals surface area contributed by atoms with Crippen LogP contribution < -0.4 is 5.56 Å². The molecule has 0 radical (unpaired) electrons. The van der Waals surface area contributed by atoms with Gasteiger partial charge in [-0.15, -0.1) is 0 Å². The maximum absolute atomic E-state index is 13.4. The van der Waals surface area contributed by atoms with Crippen LogP contribution in [0.25, 0.3) is 0 Å². The summed E-state index contributed by atoms with van der Waals surface area (Å²) >= 11 is 0. The molecule has 2 aliphatic heterocycles. The fraction of sp³-hybridized carbons (Fsp3) is 0.731. The maximum atomic E-state index is 13.4. The first-order chi connectivity index (χ1) is 18.2. The molecule has 0 bridgehead atoms. The molecule has 0 spiro atoms. The zero-order chi connectivity index (χ0) is 29.4. The van der Waals surface area contributed by atoms with Crippen LogP contribution in [0.5, 0.6) is 0 Å². The Morgan fingerprint density at radius 2 is 1.64 bits per heavy atom. The zero-order valence-electron chi connectivity index (χ0n) is 22.5. The Kier molecular flexibility index (Phi) is 11.9. The third-order valence-electron chi connectivity index (χ3n) is 6.61. The summed E-state index contributed by atoms with van der Waals surface area (Å²) in [4.78, 5) is 39.5. The first-order valence-electron chi connectivity index (χ1n) is 13.3. The number of carbonyl (C=O) groups excluding carboxylic acids is 2. The van der Waals surface area contributed by atoms with Crippen molar-refractivity contribution >= 4 is 11.8 Å². The van der Waals surface area contributed by atoms with Crippen LogP contribution in [0.15, 0.2) is 16.9 Å². The fourth-order valence-electron chi connectivity index (χ4n) is 4.85. The molecule has 7 nitrogen and oxygen atoms in total. The number of rotatable bonds is 7. The highest BCUT2D eigenvalue weighted by atomic mass is 19.4. The first-order valence-corrected chi connectivity index (χ1v) is 13.3. The van der Waals surface area contributed by atoms with Crippen LogP contribution in [0.3, 0.4) is 0 Å². The molecule has 13 heteroatoms. The lowest BCUT2D eigenvalue weighted by Gasteiger charge is -2.40. The van der Waals surface area contributed by atoms with Gasteiger partial charge in [-0.3, -0.25) is 14.4 Å². The van der Waals surface area contributed by atoms with Crippen LogP contribution in [-0.4, -0.2) is 64.2 Å². The number of carbonyl (C=O) groups is 2. The SMILES string of the molecule is CCC.CCC[C@H](CCC(=O)N1CCn2c(cc(C(F)(F)F)cc2=O)C1)N(C(=O)C(F)(F)F)C1CCOCC1. The van der Waals surface area contributed by atoms with Crippen molar-refractivity contribution < 1.29 is 40.7 Å². The minimum absolute atomic E-state index is 0.0111. The Morgan fingerprint density at radius 3 is 2.18 bits per heavy atom. The number of nitrogens with zero attached hydrogens (tertiary/aromatic N) is 3. The van der Waals surface area contributed by atoms with Gasteiger partial charge in [-0.25, -0.2) is 0 Å². The number of aromatic nitrogens is 1. The molecule has 1 fully saturated rings. The molecule has 1 aromatic heterocycles. The van der Waals surface area contributed by atoms with Gasteiger partial charge in [-0.1, -0.05) is 33.6 Å². The van der Waals surface area contributed by atoms with Gasteiger partial charge in [0.25, 0.3) is 5.56 Å². The Balaban J connectivity index is 0.00000170. The van der Waals surface area contributed by atoms with Crippen LogP contribution in [0.1, 0.15) is 77.0 Å². The molecule has 39 heavy (non-hydrogen) atoms. The summed E-state index contributed by atoms with van der Waals surface area (Å²) in [5.74, 6) is -2.40. The Bertz CT molecular complexity index is 1020. The van der Waals surface area contributed by atoms with Gasteiger partial charge in [-0.2, -0.15) is 26.3 Å². The molecular weight excluding hydrogens is 532 g/mol. The number of hydrogen-bond donors (Lipinski definition) is 0. The molecule has 2 aliphatic rings. The monoisotopic (exact) mass is 569 g/mol. The van der Waals surface area contributed by atoms with E-state index >= 15 is 0 Å². The molecule has 0 aromatic carbocycles. The molecule has 3 heterocycles. The van der Waals surface area contributed by atoms with Gasteiger partial charge >= 0.3 is 18.3 Å². The normalized spacial score (nSPS) is 17.1. The molecule has 1 saturated heterocycles. The van der Waals surface area contributed by atoms with Crippen LogP contribution >= 0.6 is 0 Å². The Hall–Kier alpha value is -2.57. The number of fused-ring (bicyclic) bond motifs is 1. The number of amides is 2. The highest BCUT2D eigenvalue weighted by molar-refractivity contribution is 5.82. The Morgan fingerprint density at radius 1 is 1.03 bits per heavy atom. The smallest absolute Gasteiger partial charge is 0.381 e. The molecule has 0 aliphatic carbocycles. The van der Waals surface area contributed by atoms with Gasteiger partial charge in [0.05, 0.1) is 12.1 Å². The van der Waals surface area contributed by atoms with Crippen molar-refractivity contribution in [3.63, 3.8) is 0 Å². The number of pyridine rings is 1. The van der Waals surface area contributed by atoms with E-state index in [9.17, 15) is 40.7 Å².